The second-order valence-corrected chi connectivity index (χ2v) is 8.43. The molecular formula is C31H24N4. The first-order valence-corrected chi connectivity index (χ1v) is 11.7. The normalized spacial score (nSPS) is 11.0. The van der Waals surface area contributed by atoms with E-state index >= 15 is 0 Å². The largest absolute Gasteiger partial charge is 0.311 e. The minimum atomic E-state index is 0.591. The second-order valence-electron chi connectivity index (χ2n) is 8.43. The summed E-state index contributed by atoms with van der Waals surface area (Å²) in [6.45, 7) is 0.591. The molecule has 2 aromatic heterocycles. The van der Waals surface area contributed by atoms with Crippen LogP contribution in [0.1, 0.15) is 0 Å². The lowest BCUT2D eigenvalue weighted by Crippen LogP contribution is -2.09. The van der Waals surface area contributed by atoms with Crippen LogP contribution in [0.25, 0.3) is 45.0 Å². The van der Waals surface area contributed by atoms with Crippen molar-refractivity contribution in [1.82, 2.24) is 19.1 Å². The lowest BCUT2D eigenvalue weighted by Gasteiger charge is -2.15. The van der Waals surface area contributed by atoms with Gasteiger partial charge < -0.3 is 9.13 Å². The number of imidazole rings is 2. The van der Waals surface area contributed by atoms with Gasteiger partial charge in [-0.15, -0.1) is 0 Å². The van der Waals surface area contributed by atoms with Crippen LogP contribution in [-0.2, 0) is 6.67 Å². The third-order valence-electron chi connectivity index (χ3n) is 6.17. The van der Waals surface area contributed by atoms with Crippen molar-refractivity contribution in [2.24, 2.45) is 0 Å². The van der Waals surface area contributed by atoms with Crippen molar-refractivity contribution >= 4 is 0 Å². The van der Waals surface area contributed by atoms with Gasteiger partial charge >= 0.3 is 0 Å². The Bertz CT molecular complexity index is 1410. The molecule has 0 fully saturated rings. The molecule has 0 aliphatic carbocycles. The van der Waals surface area contributed by atoms with E-state index in [0.717, 1.165) is 45.0 Å². The summed E-state index contributed by atoms with van der Waals surface area (Å²) in [4.78, 5) is 9.71. The van der Waals surface area contributed by atoms with Gasteiger partial charge in [0.15, 0.2) is 0 Å². The molecule has 0 amide bonds. The molecule has 0 unspecified atom stereocenters. The summed E-state index contributed by atoms with van der Waals surface area (Å²) in [5, 5.41) is 0. The van der Waals surface area contributed by atoms with E-state index in [1.54, 1.807) is 0 Å². The second kappa shape index (κ2) is 9.27. The standard InChI is InChI=1S/C31H24N4/c1-5-13-24(14-6-1)28-30(26-17-9-3-10-18-26)34(21-32-28)23-35-22-33-29(25-15-7-2-8-16-25)31(35)27-19-11-4-12-20-27/h1-22H,23H2. The van der Waals surface area contributed by atoms with Crippen LogP contribution < -0.4 is 0 Å². The van der Waals surface area contributed by atoms with Gasteiger partial charge in [-0.3, -0.25) is 0 Å². The molecule has 6 rings (SSSR count). The Morgan fingerprint density at radius 2 is 0.714 bits per heavy atom. The summed E-state index contributed by atoms with van der Waals surface area (Å²) in [6.07, 6.45) is 3.86. The van der Waals surface area contributed by atoms with E-state index in [-0.39, 0.29) is 0 Å². The van der Waals surface area contributed by atoms with Crippen LogP contribution in [0.4, 0.5) is 0 Å². The number of nitrogens with zero attached hydrogens (tertiary/aromatic N) is 4. The molecule has 0 atom stereocenters. The summed E-state index contributed by atoms with van der Waals surface area (Å²) < 4.78 is 4.42. The first-order chi connectivity index (χ1) is 17.4. The van der Waals surface area contributed by atoms with E-state index in [9.17, 15) is 0 Å². The molecule has 6 aromatic rings. The minimum Gasteiger partial charge on any atom is -0.311 e. The SMILES string of the molecule is c1ccc(-c2ncn(Cn3cnc(-c4ccccc4)c3-c3ccccc3)c2-c2ccccc2)cc1. The van der Waals surface area contributed by atoms with Crippen LogP contribution in [0.5, 0.6) is 0 Å². The van der Waals surface area contributed by atoms with E-state index < -0.39 is 0 Å². The highest BCUT2D eigenvalue weighted by molar-refractivity contribution is 5.80. The van der Waals surface area contributed by atoms with Crippen molar-refractivity contribution in [2.45, 2.75) is 6.67 Å². The molecule has 0 saturated carbocycles. The quantitative estimate of drug-likeness (QED) is 0.267. The Labute approximate surface area is 204 Å². The molecule has 0 aliphatic rings. The van der Waals surface area contributed by atoms with Crippen LogP contribution in [0, 0.1) is 0 Å². The maximum atomic E-state index is 4.86. The first-order valence-electron chi connectivity index (χ1n) is 11.7. The maximum Gasteiger partial charge on any atom is 0.102 e. The molecule has 0 aliphatic heterocycles. The Morgan fingerprint density at radius 1 is 0.400 bits per heavy atom. The average molecular weight is 453 g/mol. The van der Waals surface area contributed by atoms with E-state index in [2.05, 4.69) is 106 Å². The van der Waals surface area contributed by atoms with Crippen LogP contribution in [0.3, 0.4) is 0 Å². The van der Waals surface area contributed by atoms with Gasteiger partial charge in [-0.05, 0) is 0 Å². The van der Waals surface area contributed by atoms with Crippen molar-refractivity contribution in [2.75, 3.05) is 0 Å². The van der Waals surface area contributed by atoms with Crippen LogP contribution >= 0.6 is 0 Å². The lowest BCUT2D eigenvalue weighted by atomic mass is 10.0. The van der Waals surface area contributed by atoms with Crippen molar-refractivity contribution in [3.05, 3.63) is 134 Å². The maximum absolute atomic E-state index is 4.86. The summed E-state index contributed by atoms with van der Waals surface area (Å²) >= 11 is 0. The van der Waals surface area contributed by atoms with Gasteiger partial charge in [-0.1, -0.05) is 121 Å². The van der Waals surface area contributed by atoms with Gasteiger partial charge in [0.05, 0.1) is 35.4 Å². The topological polar surface area (TPSA) is 35.6 Å². The van der Waals surface area contributed by atoms with E-state index in [1.807, 2.05) is 36.9 Å². The van der Waals surface area contributed by atoms with E-state index in [0.29, 0.717) is 6.67 Å². The predicted molar refractivity (Wildman–Crippen MR) is 142 cm³/mol. The molecule has 4 heteroatoms. The highest BCUT2D eigenvalue weighted by Gasteiger charge is 2.19. The van der Waals surface area contributed by atoms with Crippen LogP contribution in [0.2, 0.25) is 0 Å². The summed E-state index contributed by atoms with van der Waals surface area (Å²) in [5.74, 6) is 0. The fraction of sp³-hybridized carbons (Fsp3) is 0.0323. The van der Waals surface area contributed by atoms with E-state index in [1.165, 1.54) is 0 Å². The smallest absolute Gasteiger partial charge is 0.102 e. The number of rotatable bonds is 6. The number of benzene rings is 4. The number of aromatic nitrogens is 4. The van der Waals surface area contributed by atoms with Crippen LogP contribution in [0.15, 0.2) is 134 Å². The Morgan fingerprint density at radius 3 is 1.06 bits per heavy atom. The Hall–Kier alpha value is -4.70. The predicted octanol–water partition coefficient (Wildman–Crippen LogP) is 7.25. The third-order valence-corrected chi connectivity index (χ3v) is 6.17. The van der Waals surface area contributed by atoms with Gasteiger partial charge in [0.2, 0.25) is 0 Å². The monoisotopic (exact) mass is 452 g/mol. The fourth-order valence-corrected chi connectivity index (χ4v) is 4.55. The molecule has 0 radical (unpaired) electrons. The summed E-state index contributed by atoms with van der Waals surface area (Å²) in [5.41, 5.74) is 8.59. The van der Waals surface area contributed by atoms with Gasteiger partial charge in [-0.2, -0.15) is 0 Å². The Balaban J connectivity index is 1.50. The number of hydrogen-bond donors (Lipinski definition) is 0. The molecule has 4 aromatic carbocycles. The van der Waals surface area contributed by atoms with Gasteiger partial charge in [0.1, 0.15) is 6.67 Å². The summed E-state index contributed by atoms with van der Waals surface area (Å²) in [7, 11) is 0. The summed E-state index contributed by atoms with van der Waals surface area (Å²) in [6, 6.07) is 41.7. The van der Waals surface area contributed by atoms with Crippen molar-refractivity contribution in [3.63, 3.8) is 0 Å². The average Bonchev–Trinajstić information content (AvgIpc) is 3.55. The minimum absolute atomic E-state index is 0.591. The molecule has 0 saturated heterocycles. The number of hydrogen-bond acceptors (Lipinski definition) is 2. The van der Waals surface area contributed by atoms with Gasteiger partial charge in [-0.25, -0.2) is 9.97 Å². The fourth-order valence-electron chi connectivity index (χ4n) is 4.55. The molecule has 2 heterocycles. The van der Waals surface area contributed by atoms with Crippen molar-refractivity contribution < 1.29 is 0 Å². The highest BCUT2D eigenvalue weighted by atomic mass is 15.2. The highest BCUT2D eigenvalue weighted by Crippen LogP contribution is 2.34. The lowest BCUT2D eigenvalue weighted by molar-refractivity contribution is 0.616. The van der Waals surface area contributed by atoms with Gasteiger partial charge in [0.25, 0.3) is 0 Å². The zero-order valence-corrected chi connectivity index (χ0v) is 19.2. The van der Waals surface area contributed by atoms with Gasteiger partial charge in [0, 0.05) is 22.3 Å². The zero-order valence-electron chi connectivity index (χ0n) is 19.2. The molecule has 0 spiro atoms. The molecular weight excluding hydrogens is 428 g/mol. The van der Waals surface area contributed by atoms with Crippen LogP contribution in [-0.4, -0.2) is 19.1 Å². The molecule has 0 bridgehead atoms. The van der Waals surface area contributed by atoms with Crippen molar-refractivity contribution in [1.29, 1.82) is 0 Å². The molecule has 0 N–H and O–H groups in total. The van der Waals surface area contributed by atoms with Crippen molar-refractivity contribution in [3.8, 4) is 45.0 Å². The molecule has 4 nitrogen and oxygen atoms in total. The molecule has 35 heavy (non-hydrogen) atoms. The first kappa shape index (κ1) is 20.9. The van der Waals surface area contributed by atoms with E-state index in [4.69, 9.17) is 9.97 Å². The zero-order chi connectivity index (χ0) is 23.5. The Kier molecular flexibility index (Phi) is 5.53. The molecule has 168 valence electrons. The third kappa shape index (κ3) is 4.06.